The summed E-state index contributed by atoms with van der Waals surface area (Å²) in [4.78, 5) is 10.6. The summed E-state index contributed by atoms with van der Waals surface area (Å²) >= 11 is 0. The highest BCUT2D eigenvalue weighted by molar-refractivity contribution is 5.82. The first kappa shape index (κ1) is 12.3. The Labute approximate surface area is 90.3 Å². The largest absolute Gasteiger partial charge is 0.491 e. The summed E-state index contributed by atoms with van der Waals surface area (Å²) in [5, 5.41) is 0. The third-order valence-electron chi connectivity index (χ3n) is 1.75. The van der Waals surface area contributed by atoms with Gasteiger partial charge in [-0.25, -0.2) is 4.79 Å². The molecule has 0 aliphatic heterocycles. The fourth-order valence-electron chi connectivity index (χ4n) is 1.04. The zero-order chi connectivity index (χ0) is 12.2. The van der Waals surface area contributed by atoms with Crippen LogP contribution in [-0.4, -0.2) is 12.1 Å². The van der Waals surface area contributed by atoms with Crippen molar-refractivity contribution >= 4 is 11.7 Å². The molecule has 0 heterocycles. The van der Waals surface area contributed by atoms with E-state index in [1.807, 2.05) is 0 Å². The highest BCUT2D eigenvalue weighted by Crippen LogP contribution is 2.22. The summed E-state index contributed by atoms with van der Waals surface area (Å²) in [6.07, 6.45) is -3.68. The zero-order valence-corrected chi connectivity index (χ0v) is 8.41. The maximum absolute atomic E-state index is 12.0. The molecular weight excluding hydrogens is 221 g/mol. The van der Waals surface area contributed by atoms with Gasteiger partial charge in [0.25, 0.3) is 0 Å². The van der Waals surface area contributed by atoms with E-state index >= 15 is 0 Å². The molecule has 0 aliphatic carbocycles. The van der Waals surface area contributed by atoms with Crippen LogP contribution in [0.1, 0.15) is 12.5 Å². The van der Waals surface area contributed by atoms with Gasteiger partial charge >= 0.3 is 12.1 Å². The molecule has 2 nitrogen and oxygen atoms in total. The van der Waals surface area contributed by atoms with E-state index in [4.69, 9.17) is 0 Å². The molecular formula is C11H9F3O2. The number of esters is 1. The predicted octanol–water partition coefficient (Wildman–Crippen LogP) is 3.15. The molecule has 0 bridgehead atoms. The van der Waals surface area contributed by atoms with E-state index in [2.05, 4.69) is 4.74 Å². The van der Waals surface area contributed by atoms with E-state index < -0.39 is 12.1 Å². The lowest BCUT2D eigenvalue weighted by Gasteiger charge is -2.09. The van der Waals surface area contributed by atoms with Gasteiger partial charge in [0, 0.05) is 5.56 Å². The van der Waals surface area contributed by atoms with Crippen molar-refractivity contribution in [3.63, 3.8) is 0 Å². The van der Waals surface area contributed by atoms with Gasteiger partial charge in [-0.3, -0.25) is 0 Å². The van der Waals surface area contributed by atoms with Gasteiger partial charge in [0.2, 0.25) is 0 Å². The van der Waals surface area contributed by atoms with E-state index in [0.717, 1.165) is 0 Å². The first-order valence-corrected chi connectivity index (χ1v) is 4.46. The normalized spacial score (nSPS) is 12.4. The minimum atomic E-state index is -4.98. The van der Waals surface area contributed by atoms with E-state index in [1.165, 1.54) is 13.0 Å². The molecule has 0 aliphatic rings. The molecule has 86 valence electrons. The number of alkyl halides is 3. The second-order valence-electron chi connectivity index (χ2n) is 2.91. The third-order valence-corrected chi connectivity index (χ3v) is 1.75. The summed E-state index contributed by atoms with van der Waals surface area (Å²) in [6, 6.07) is 8.10. The molecule has 0 N–H and O–H groups in total. The fraction of sp³-hybridized carbons (Fsp3) is 0.182. The number of allylic oxidation sites excluding steroid dienone is 1. The van der Waals surface area contributed by atoms with E-state index in [0.29, 0.717) is 5.56 Å². The Morgan fingerprint density at radius 2 is 1.81 bits per heavy atom. The Balaban J connectivity index is 2.84. The van der Waals surface area contributed by atoms with Crippen molar-refractivity contribution < 1.29 is 22.7 Å². The second kappa shape index (κ2) is 4.83. The maximum Gasteiger partial charge on any atom is 0.491 e. The Bertz CT molecular complexity index is 393. The summed E-state index contributed by atoms with van der Waals surface area (Å²) in [5.41, 5.74) is 0.419. The molecule has 0 fully saturated rings. The van der Waals surface area contributed by atoms with Gasteiger partial charge in [-0.2, -0.15) is 13.2 Å². The van der Waals surface area contributed by atoms with Crippen molar-refractivity contribution in [3.8, 4) is 0 Å². The monoisotopic (exact) mass is 230 g/mol. The standard InChI is InChI=1S/C11H9F3O2/c1-2-9(8-6-4-3-5-7-8)16-10(15)11(12,13)14/h2-7H,1H3. The lowest BCUT2D eigenvalue weighted by molar-refractivity contribution is -0.192. The van der Waals surface area contributed by atoms with Crippen LogP contribution >= 0.6 is 0 Å². The highest BCUT2D eigenvalue weighted by atomic mass is 19.4. The average molecular weight is 230 g/mol. The molecule has 0 amide bonds. The molecule has 0 atom stereocenters. The number of carbonyl (C=O) groups excluding carboxylic acids is 1. The van der Waals surface area contributed by atoms with E-state index in [9.17, 15) is 18.0 Å². The third kappa shape index (κ3) is 3.12. The van der Waals surface area contributed by atoms with Gasteiger partial charge in [0.1, 0.15) is 5.76 Å². The maximum atomic E-state index is 12.0. The van der Waals surface area contributed by atoms with Crippen LogP contribution in [0.2, 0.25) is 0 Å². The van der Waals surface area contributed by atoms with Gasteiger partial charge in [0.15, 0.2) is 0 Å². The fourth-order valence-corrected chi connectivity index (χ4v) is 1.04. The first-order chi connectivity index (χ1) is 7.45. The van der Waals surface area contributed by atoms with Crippen LogP contribution in [-0.2, 0) is 9.53 Å². The number of rotatable bonds is 2. The Morgan fingerprint density at radius 3 is 2.25 bits per heavy atom. The second-order valence-corrected chi connectivity index (χ2v) is 2.91. The summed E-state index contributed by atoms with van der Waals surface area (Å²) in [7, 11) is 0. The van der Waals surface area contributed by atoms with Crippen LogP contribution < -0.4 is 0 Å². The lowest BCUT2D eigenvalue weighted by atomic mass is 10.2. The van der Waals surface area contributed by atoms with Crippen LogP contribution in [0.3, 0.4) is 0 Å². The smallest absolute Gasteiger partial charge is 0.420 e. The highest BCUT2D eigenvalue weighted by Gasteiger charge is 2.41. The minimum Gasteiger partial charge on any atom is -0.420 e. The minimum absolute atomic E-state index is 0.108. The van der Waals surface area contributed by atoms with Gasteiger partial charge in [-0.05, 0) is 13.0 Å². The van der Waals surface area contributed by atoms with Crippen LogP contribution in [0.25, 0.3) is 5.76 Å². The van der Waals surface area contributed by atoms with Crippen LogP contribution in [0.15, 0.2) is 36.4 Å². The van der Waals surface area contributed by atoms with Crippen molar-refractivity contribution in [1.29, 1.82) is 0 Å². The summed E-state index contributed by atoms with van der Waals surface area (Å²) < 4.78 is 40.1. The van der Waals surface area contributed by atoms with Crippen molar-refractivity contribution in [3.05, 3.63) is 42.0 Å². The number of benzene rings is 1. The molecule has 0 unspecified atom stereocenters. The average Bonchev–Trinajstić information content (AvgIpc) is 2.25. The molecule has 0 saturated carbocycles. The zero-order valence-electron chi connectivity index (χ0n) is 8.41. The molecule has 0 radical (unpaired) electrons. The number of halogens is 3. The Morgan fingerprint density at radius 1 is 1.25 bits per heavy atom. The van der Waals surface area contributed by atoms with Crippen LogP contribution in [0, 0.1) is 0 Å². The topological polar surface area (TPSA) is 26.3 Å². The lowest BCUT2D eigenvalue weighted by Crippen LogP contribution is -2.24. The summed E-state index contributed by atoms with van der Waals surface area (Å²) in [6.45, 7) is 1.49. The van der Waals surface area contributed by atoms with Gasteiger partial charge in [-0.1, -0.05) is 30.3 Å². The first-order valence-electron chi connectivity index (χ1n) is 4.46. The molecule has 5 heteroatoms. The molecule has 16 heavy (non-hydrogen) atoms. The van der Waals surface area contributed by atoms with Gasteiger partial charge in [0.05, 0.1) is 0 Å². The SMILES string of the molecule is CC=C(OC(=O)C(F)(F)F)c1ccccc1. The molecule has 0 saturated heterocycles. The van der Waals surface area contributed by atoms with Crippen molar-refractivity contribution in [2.24, 2.45) is 0 Å². The number of hydrogen-bond donors (Lipinski definition) is 0. The van der Waals surface area contributed by atoms with Crippen molar-refractivity contribution in [1.82, 2.24) is 0 Å². The van der Waals surface area contributed by atoms with Crippen molar-refractivity contribution in [2.75, 3.05) is 0 Å². The van der Waals surface area contributed by atoms with Gasteiger partial charge < -0.3 is 4.74 Å². The van der Waals surface area contributed by atoms with Crippen molar-refractivity contribution in [2.45, 2.75) is 13.1 Å². The number of ether oxygens (including phenoxy) is 1. The Kier molecular flexibility index (Phi) is 3.71. The summed E-state index contributed by atoms with van der Waals surface area (Å²) in [5.74, 6) is -2.33. The van der Waals surface area contributed by atoms with Gasteiger partial charge in [-0.15, -0.1) is 0 Å². The quantitative estimate of drug-likeness (QED) is 0.576. The van der Waals surface area contributed by atoms with E-state index in [1.54, 1.807) is 30.3 Å². The number of hydrogen-bond acceptors (Lipinski definition) is 2. The van der Waals surface area contributed by atoms with Crippen LogP contribution in [0.5, 0.6) is 0 Å². The molecule has 0 spiro atoms. The Hall–Kier alpha value is -1.78. The van der Waals surface area contributed by atoms with Crippen LogP contribution in [0.4, 0.5) is 13.2 Å². The molecule has 1 aromatic rings. The number of carbonyl (C=O) groups is 1. The molecule has 0 aromatic heterocycles. The van der Waals surface area contributed by atoms with E-state index in [-0.39, 0.29) is 5.76 Å². The predicted molar refractivity (Wildman–Crippen MR) is 52.2 cm³/mol. The molecule has 1 rings (SSSR count). The molecule has 1 aromatic carbocycles.